The van der Waals surface area contributed by atoms with Gasteiger partial charge in [-0.2, -0.15) is 0 Å². The summed E-state index contributed by atoms with van der Waals surface area (Å²) in [5.41, 5.74) is 0. The van der Waals surface area contributed by atoms with Crippen molar-refractivity contribution in [3.8, 4) is 0 Å². The minimum Gasteiger partial charge on any atom is -0.396 e. The van der Waals surface area contributed by atoms with Crippen LogP contribution in [0.15, 0.2) is 12.2 Å². The van der Waals surface area contributed by atoms with Crippen LogP contribution >= 0.6 is 0 Å². The van der Waals surface area contributed by atoms with Gasteiger partial charge in [0, 0.05) is 6.61 Å². The monoisotopic (exact) mass is 184 g/mol. The number of unbranched alkanes of at least 4 members (excludes halogenated alkanes) is 5. The van der Waals surface area contributed by atoms with Crippen molar-refractivity contribution < 1.29 is 5.11 Å². The average Bonchev–Trinajstić information content (AvgIpc) is 2.16. The van der Waals surface area contributed by atoms with Gasteiger partial charge in [-0.15, -0.1) is 0 Å². The maximum absolute atomic E-state index is 8.76. The van der Waals surface area contributed by atoms with Crippen LogP contribution in [0, 0.1) is 5.92 Å². The maximum atomic E-state index is 8.76. The summed E-state index contributed by atoms with van der Waals surface area (Å²) in [5, 5.41) is 8.76. The first kappa shape index (κ1) is 12.7. The van der Waals surface area contributed by atoms with Gasteiger partial charge >= 0.3 is 0 Å². The van der Waals surface area contributed by atoms with Crippen molar-refractivity contribution >= 4 is 0 Å². The molecule has 0 aromatic rings. The Morgan fingerprint density at radius 1 is 1.15 bits per heavy atom. The van der Waals surface area contributed by atoms with Gasteiger partial charge in [-0.1, -0.05) is 51.7 Å². The van der Waals surface area contributed by atoms with E-state index >= 15 is 0 Å². The highest BCUT2D eigenvalue weighted by molar-refractivity contribution is 4.85. The van der Waals surface area contributed by atoms with Gasteiger partial charge in [0.05, 0.1) is 0 Å². The van der Waals surface area contributed by atoms with E-state index in [1.807, 2.05) is 6.92 Å². The normalized spacial score (nSPS) is 13.8. The standard InChI is InChI=1S/C12H24O/c1-3-4-5-6-7-8-9-10-12(2)11-13/h9-10,12-13H,3-8,11H2,1-2H3/b10-9+. The fourth-order valence-corrected chi connectivity index (χ4v) is 1.26. The Kier molecular flexibility index (Phi) is 9.56. The Morgan fingerprint density at radius 2 is 1.85 bits per heavy atom. The van der Waals surface area contributed by atoms with E-state index in [4.69, 9.17) is 5.11 Å². The van der Waals surface area contributed by atoms with E-state index in [0.717, 1.165) is 0 Å². The molecule has 0 saturated heterocycles. The quantitative estimate of drug-likeness (QED) is 0.452. The number of rotatable bonds is 8. The second kappa shape index (κ2) is 9.79. The van der Waals surface area contributed by atoms with Gasteiger partial charge in [-0.25, -0.2) is 0 Å². The molecule has 0 radical (unpaired) electrons. The van der Waals surface area contributed by atoms with E-state index in [0.29, 0.717) is 5.92 Å². The second-order valence-corrected chi connectivity index (χ2v) is 3.79. The molecule has 0 aromatic carbocycles. The number of allylic oxidation sites excluding steroid dienone is 1. The number of hydrogen-bond acceptors (Lipinski definition) is 1. The summed E-state index contributed by atoms with van der Waals surface area (Å²) in [7, 11) is 0. The molecule has 0 saturated carbocycles. The zero-order valence-corrected chi connectivity index (χ0v) is 9.13. The molecule has 1 nitrogen and oxygen atoms in total. The topological polar surface area (TPSA) is 20.2 Å². The molecule has 0 aliphatic rings. The Morgan fingerprint density at radius 3 is 2.46 bits per heavy atom. The predicted molar refractivity (Wildman–Crippen MR) is 58.8 cm³/mol. The van der Waals surface area contributed by atoms with Crippen molar-refractivity contribution in [2.75, 3.05) is 6.61 Å². The molecule has 1 heteroatoms. The predicted octanol–water partition coefficient (Wildman–Crippen LogP) is 3.53. The zero-order chi connectivity index (χ0) is 9.94. The summed E-state index contributed by atoms with van der Waals surface area (Å²) in [5.74, 6) is 0.329. The third-order valence-corrected chi connectivity index (χ3v) is 2.23. The van der Waals surface area contributed by atoms with Gasteiger partial charge in [0.25, 0.3) is 0 Å². The highest BCUT2D eigenvalue weighted by Gasteiger charge is 1.91. The van der Waals surface area contributed by atoms with Crippen LogP contribution < -0.4 is 0 Å². The van der Waals surface area contributed by atoms with Crippen LogP contribution in [-0.4, -0.2) is 11.7 Å². The molecule has 0 aromatic heterocycles. The molecule has 0 fully saturated rings. The van der Waals surface area contributed by atoms with Crippen LogP contribution in [0.3, 0.4) is 0 Å². The first-order valence-corrected chi connectivity index (χ1v) is 5.58. The molecule has 0 aliphatic heterocycles. The summed E-state index contributed by atoms with van der Waals surface area (Å²) in [6.45, 7) is 4.54. The molecule has 13 heavy (non-hydrogen) atoms. The van der Waals surface area contributed by atoms with Crippen LogP contribution in [0.5, 0.6) is 0 Å². The molecule has 0 aliphatic carbocycles. The largest absolute Gasteiger partial charge is 0.396 e. The van der Waals surface area contributed by atoms with Gasteiger partial charge in [0.15, 0.2) is 0 Å². The molecule has 0 heterocycles. The summed E-state index contributed by atoms with van der Waals surface area (Å²) in [6, 6.07) is 0. The minimum atomic E-state index is 0.270. The van der Waals surface area contributed by atoms with Crippen molar-refractivity contribution in [3.63, 3.8) is 0 Å². The molecular formula is C12H24O. The van der Waals surface area contributed by atoms with Crippen molar-refractivity contribution in [2.45, 2.75) is 52.4 Å². The molecule has 78 valence electrons. The molecule has 0 amide bonds. The van der Waals surface area contributed by atoms with E-state index < -0.39 is 0 Å². The summed E-state index contributed by atoms with van der Waals surface area (Å²) in [4.78, 5) is 0. The van der Waals surface area contributed by atoms with Crippen molar-refractivity contribution in [1.82, 2.24) is 0 Å². The number of hydrogen-bond donors (Lipinski definition) is 1. The van der Waals surface area contributed by atoms with Crippen LogP contribution in [0.2, 0.25) is 0 Å². The van der Waals surface area contributed by atoms with E-state index in [1.165, 1.54) is 38.5 Å². The molecule has 1 atom stereocenters. The second-order valence-electron chi connectivity index (χ2n) is 3.79. The molecular weight excluding hydrogens is 160 g/mol. The minimum absolute atomic E-state index is 0.270. The van der Waals surface area contributed by atoms with Crippen LogP contribution in [-0.2, 0) is 0 Å². The fraction of sp³-hybridized carbons (Fsp3) is 0.833. The van der Waals surface area contributed by atoms with E-state index in [1.54, 1.807) is 0 Å². The van der Waals surface area contributed by atoms with E-state index in [2.05, 4.69) is 19.1 Å². The Hall–Kier alpha value is -0.300. The van der Waals surface area contributed by atoms with Crippen LogP contribution in [0.1, 0.15) is 52.4 Å². The molecule has 1 unspecified atom stereocenters. The Bertz CT molecular complexity index is 118. The molecule has 0 bridgehead atoms. The SMILES string of the molecule is CCCCCCC/C=C/C(C)CO. The highest BCUT2D eigenvalue weighted by Crippen LogP contribution is 2.06. The third kappa shape index (κ3) is 9.62. The number of aliphatic hydroxyl groups excluding tert-OH is 1. The lowest BCUT2D eigenvalue weighted by atomic mass is 10.1. The van der Waals surface area contributed by atoms with Crippen LogP contribution in [0.25, 0.3) is 0 Å². The van der Waals surface area contributed by atoms with Gasteiger partial charge in [-0.05, 0) is 18.8 Å². The smallest absolute Gasteiger partial charge is 0.0491 e. The van der Waals surface area contributed by atoms with Crippen molar-refractivity contribution in [2.24, 2.45) is 5.92 Å². The lowest BCUT2D eigenvalue weighted by molar-refractivity contribution is 0.262. The lowest BCUT2D eigenvalue weighted by Gasteiger charge is -1.99. The molecule has 0 rings (SSSR count). The average molecular weight is 184 g/mol. The van der Waals surface area contributed by atoms with E-state index in [9.17, 15) is 0 Å². The Balaban J connectivity index is 3.10. The number of aliphatic hydroxyl groups is 1. The van der Waals surface area contributed by atoms with Crippen molar-refractivity contribution in [3.05, 3.63) is 12.2 Å². The third-order valence-electron chi connectivity index (χ3n) is 2.23. The van der Waals surface area contributed by atoms with Gasteiger partial charge in [0.2, 0.25) is 0 Å². The first-order chi connectivity index (χ1) is 6.31. The zero-order valence-electron chi connectivity index (χ0n) is 9.13. The summed E-state index contributed by atoms with van der Waals surface area (Å²) >= 11 is 0. The molecule has 0 spiro atoms. The van der Waals surface area contributed by atoms with Gasteiger partial charge in [-0.3, -0.25) is 0 Å². The summed E-state index contributed by atoms with van der Waals surface area (Å²) in [6.07, 6.45) is 12.2. The lowest BCUT2D eigenvalue weighted by Crippen LogP contribution is -1.94. The molecule has 1 N–H and O–H groups in total. The van der Waals surface area contributed by atoms with Crippen molar-refractivity contribution in [1.29, 1.82) is 0 Å². The maximum Gasteiger partial charge on any atom is 0.0491 e. The Labute approximate surface area is 82.9 Å². The van der Waals surface area contributed by atoms with E-state index in [-0.39, 0.29) is 6.61 Å². The van der Waals surface area contributed by atoms with Gasteiger partial charge < -0.3 is 5.11 Å². The van der Waals surface area contributed by atoms with Crippen LogP contribution in [0.4, 0.5) is 0 Å². The fourth-order valence-electron chi connectivity index (χ4n) is 1.26. The first-order valence-electron chi connectivity index (χ1n) is 5.58. The van der Waals surface area contributed by atoms with Gasteiger partial charge in [0.1, 0.15) is 0 Å². The summed E-state index contributed by atoms with van der Waals surface area (Å²) < 4.78 is 0. The highest BCUT2D eigenvalue weighted by atomic mass is 16.3.